The van der Waals surface area contributed by atoms with Gasteiger partial charge in [0.15, 0.2) is 0 Å². The normalized spacial score (nSPS) is 21.2. The number of fused-ring (bicyclic) bond motifs is 3. The highest BCUT2D eigenvalue weighted by Gasteiger charge is 2.44. The fourth-order valence-electron chi connectivity index (χ4n) is 4.33. The largest absolute Gasteiger partial charge is 0.431 e. The predicted molar refractivity (Wildman–Crippen MR) is 115 cm³/mol. The molecule has 5 rings (SSSR count). The third-order valence-corrected chi connectivity index (χ3v) is 7.01. The van der Waals surface area contributed by atoms with Crippen LogP contribution in [0.5, 0.6) is 10.9 Å². The Labute approximate surface area is 177 Å². The van der Waals surface area contributed by atoms with Crippen molar-refractivity contribution >= 4 is 39.2 Å². The number of ether oxygens (including phenoxy) is 1. The maximum atomic E-state index is 11.4. The quantitative estimate of drug-likeness (QED) is 0.663. The van der Waals surface area contributed by atoms with Crippen molar-refractivity contribution in [3.05, 3.63) is 53.1 Å². The first-order valence-corrected chi connectivity index (χ1v) is 10.9. The number of primary amides is 1. The minimum Gasteiger partial charge on any atom is -0.431 e. The average Bonchev–Trinajstić information content (AvgIpc) is 3.41. The number of amides is 2. The molecule has 2 fully saturated rings. The van der Waals surface area contributed by atoms with Crippen LogP contribution >= 0.6 is 22.9 Å². The topological polar surface area (TPSA) is 71.7 Å². The molecule has 2 aromatic carbocycles. The van der Waals surface area contributed by atoms with Crippen LogP contribution in [-0.2, 0) is 6.42 Å². The molecule has 3 heterocycles. The number of thiazole rings is 1. The lowest BCUT2D eigenvalue weighted by atomic mass is 10.1. The molecular formula is C21H21ClN4O2S. The van der Waals surface area contributed by atoms with Crippen LogP contribution in [0.1, 0.15) is 12.0 Å². The molecule has 0 aliphatic carbocycles. The standard InChI is InChI=1S/C21H21ClN4O2S/c22-17-2-1-3-18-19(17)24-21(29-18)28-16-6-4-13(5-7-16)8-9-25-11-15-10-14(25)12-26(15)20(23)27/h1-7,14-15H,8-12H2,(H2,23,27)/t14-,15-/m1/s1. The number of rotatable bonds is 5. The molecule has 29 heavy (non-hydrogen) atoms. The van der Waals surface area contributed by atoms with Gasteiger partial charge in [0.1, 0.15) is 11.3 Å². The Kier molecular flexibility index (Phi) is 4.81. The highest BCUT2D eigenvalue weighted by molar-refractivity contribution is 7.20. The van der Waals surface area contributed by atoms with Gasteiger partial charge < -0.3 is 15.4 Å². The molecule has 8 heteroatoms. The number of hydrogen-bond acceptors (Lipinski definition) is 5. The van der Waals surface area contributed by atoms with Gasteiger partial charge >= 0.3 is 6.03 Å². The van der Waals surface area contributed by atoms with Crippen LogP contribution in [0.25, 0.3) is 10.2 Å². The van der Waals surface area contributed by atoms with Crippen molar-refractivity contribution in [1.82, 2.24) is 14.8 Å². The number of carbonyl (C=O) groups excluding carboxylic acids is 1. The van der Waals surface area contributed by atoms with Crippen LogP contribution in [0.3, 0.4) is 0 Å². The van der Waals surface area contributed by atoms with E-state index in [1.165, 1.54) is 16.9 Å². The third-order valence-electron chi connectivity index (χ3n) is 5.80. The first-order chi connectivity index (χ1) is 14.1. The van der Waals surface area contributed by atoms with Crippen molar-refractivity contribution in [2.75, 3.05) is 19.6 Å². The van der Waals surface area contributed by atoms with Crippen molar-refractivity contribution in [2.24, 2.45) is 5.73 Å². The van der Waals surface area contributed by atoms with Gasteiger partial charge in [-0.15, -0.1) is 0 Å². The highest BCUT2D eigenvalue weighted by Crippen LogP contribution is 2.34. The number of benzene rings is 2. The van der Waals surface area contributed by atoms with Crippen LogP contribution in [0.2, 0.25) is 5.02 Å². The Morgan fingerprint density at radius 1 is 1.21 bits per heavy atom. The summed E-state index contributed by atoms with van der Waals surface area (Å²) in [4.78, 5) is 20.2. The van der Waals surface area contributed by atoms with Crippen LogP contribution in [0, 0.1) is 0 Å². The van der Waals surface area contributed by atoms with Gasteiger partial charge in [-0.25, -0.2) is 9.78 Å². The lowest BCUT2D eigenvalue weighted by Crippen LogP contribution is -2.50. The summed E-state index contributed by atoms with van der Waals surface area (Å²) in [6.45, 7) is 2.68. The summed E-state index contributed by atoms with van der Waals surface area (Å²) in [6.07, 6.45) is 2.01. The van der Waals surface area contributed by atoms with Crippen molar-refractivity contribution in [3.8, 4) is 10.9 Å². The van der Waals surface area contributed by atoms with Crippen molar-refractivity contribution in [3.63, 3.8) is 0 Å². The number of hydrogen-bond donors (Lipinski definition) is 1. The molecule has 1 aromatic heterocycles. The number of para-hydroxylation sites is 1. The zero-order chi connectivity index (χ0) is 20.0. The minimum atomic E-state index is -0.289. The monoisotopic (exact) mass is 428 g/mol. The molecule has 3 aromatic rings. The summed E-state index contributed by atoms with van der Waals surface area (Å²) in [6, 6.07) is 14.3. The second-order valence-corrected chi connectivity index (χ2v) is 8.99. The Hall–Kier alpha value is -2.35. The maximum Gasteiger partial charge on any atom is 0.315 e. The lowest BCUT2D eigenvalue weighted by molar-refractivity contribution is 0.142. The predicted octanol–water partition coefficient (Wildman–Crippen LogP) is 4.12. The van der Waals surface area contributed by atoms with E-state index < -0.39 is 0 Å². The number of piperazine rings is 1. The smallest absolute Gasteiger partial charge is 0.315 e. The van der Waals surface area contributed by atoms with Crippen LogP contribution in [0.4, 0.5) is 4.79 Å². The number of aromatic nitrogens is 1. The molecule has 0 saturated carbocycles. The molecule has 6 nitrogen and oxygen atoms in total. The van der Waals surface area contributed by atoms with Crippen molar-refractivity contribution in [2.45, 2.75) is 24.9 Å². The average molecular weight is 429 g/mol. The van der Waals surface area contributed by atoms with E-state index in [4.69, 9.17) is 22.1 Å². The lowest BCUT2D eigenvalue weighted by Gasteiger charge is -2.33. The molecule has 2 bridgehead atoms. The summed E-state index contributed by atoms with van der Waals surface area (Å²) in [5, 5.41) is 1.23. The highest BCUT2D eigenvalue weighted by atomic mass is 35.5. The van der Waals surface area contributed by atoms with Gasteiger partial charge in [-0.3, -0.25) is 4.90 Å². The van der Waals surface area contributed by atoms with Crippen molar-refractivity contribution < 1.29 is 9.53 Å². The molecule has 0 unspecified atom stereocenters. The van der Waals surface area contributed by atoms with Gasteiger partial charge in [-0.05, 0) is 42.7 Å². The van der Waals surface area contributed by atoms with Gasteiger partial charge in [0.2, 0.25) is 0 Å². The summed E-state index contributed by atoms with van der Waals surface area (Å²) >= 11 is 7.67. The molecule has 2 saturated heterocycles. The fraction of sp³-hybridized carbons (Fsp3) is 0.333. The Bertz CT molecular complexity index is 1050. The van der Waals surface area contributed by atoms with E-state index >= 15 is 0 Å². The van der Waals surface area contributed by atoms with Crippen LogP contribution in [0.15, 0.2) is 42.5 Å². The van der Waals surface area contributed by atoms with Gasteiger partial charge in [0, 0.05) is 31.7 Å². The summed E-state index contributed by atoms with van der Waals surface area (Å²) in [5.74, 6) is 0.765. The fourth-order valence-corrected chi connectivity index (χ4v) is 5.46. The Balaban J connectivity index is 1.18. The maximum absolute atomic E-state index is 11.4. The molecule has 2 N–H and O–H groups in total. The second kappa shape index (κ2) is 7.48. The van der Waals surface area contributed by atoms with E-state index in [1.54, 1.807) is 0 Å². The number of urea groups is 1. The molecule has 2 aliphatic heterocycles. The first kappa shape index (κ1) is 18.7. The van der Waals surface area contributed by atoms with Crippen LogP contribution < -0.4 is 10.5 Å². The van der Waals surface area contributed by atoms with Crippen LogP contribution in [-0.4, -0.2) is 52.5 Å². The van der Waals surface area contributed by atoms with Gasteiger partial charge in [0.25, 0.3) is 5.19 Å². The summed E-state index contributed by atoms with van der Waals surface area (Å²) in [5.41, 5.74) is 7.48. The zero-order valence-electron chi connectivity index (χ0n) is 15.8. The van der Waals surface area contributed by atoms with Gasteiger partial charge in [0.05, 0.1) is 9.72 Å². The number of likely N-dealkylation sites (tertiary alicyclic amines) is 2. The zero-order valence-corrected chi connectivity index (χ0v) is 17.3. The van der Waals surface area contributed by atoms with E-state index in [9.17, 15) is 4.79 Å². The first-order valence-electron chi connectivity index (χ1n) is 9.69. The van der Waals surface area contributed by atoms with E-state index in [2.05, 4.69) is 22.0 Å². The number of carbonyl (C=O) groups is 1. The van der Waals surface area contributed by atoms with Crippen molar-refractivity contribution in [1.29, 1.82) is 0 Å². The van der Waals surface area contributed by atoms with Gasteiger partial charge in [-0.2, -0.15) is 0 Å². The molecule has 0 radical (unpaired) electrons. The molecule has 150 valence electrons. The molecule has 2 aliphatic rings. The number of nitrogens with zero attached hydrogens (tertiary/aromatic N) is 3. The molecular weight excluding hydrogens is 408 g/mol. The van der Waals surface area contributed by atoms with E-state index in [1.807, 2.05) is 35.2 Å². The van der Waals surface area contributed by atoms with E-state index in [0.717, 1.165) is 48.4 Å². The summed E-state index contributed by atoms with van der Waals surface area (Å²) < 4.78 is 6.93. The molecule has 0 spiro atoms. The number of halogens is 1. The van der Waals surface area contributed by atoms with Gasteiger partial charge in [-0.1, -0.05) is 41.1 Å². The third kappa shape index (κ3) is 3.66. The molecule has 2 atom stereocenters. The number of nitrogens with two attached hydrogens (primary N) is 1. The molecule has 2 amide bonds. The minimum absolute atomic E-state index is 0.288. The summed E-state index contributed by atoms with van der Waals surface area (Å²) in [7, 11) is 0. The second-order valence-electron chi connectivity index (χ2n) is 7.59. The van der Waals surface area contributed by atoms with E-state index in [0.29, 0.717) is 16.3 Å². The SMILES string of the molecule is NC(=O)N1C[C@H]2C[C@@H]1CN2CCc1ccc(Oc2nc3c(Cl)cccc3s2)cc1. The Morgan fingerprint density at radius 2 is 2.03 bits per heavy atom. The Morgan fingerprint density at radius 3 is 2.72 bits per heavy atom. The van der Waals surface area contributed by atoms with E-state index in [-0.39, 0.29) is 12.1 Å².